The average molecular weight is 659 g/mol. The maximum absolute atomic E-state index is 2.55. The molecule has 0 N–H and O–H groups in total. The van der Waals surface area contributed by atoms with Crippen LogP contribution in [-0.4, -0.2) is 0 Å². The van der Waals surface area contributed by atoms with Gasteiger partial charge >= 0.3 is 0 Å². The normalized spacial score (nSPS) is 15.4. The van der Waals surface area contributed by atoms with Crippen molar-refractivity contribution in [3.05, 3.63) is 130 Å². The molecule has 0 heteroatoms. The summed E-state index contributed by atoms with van der Waals surface area (Å²) in [4.78, 5) is 0. The van der Waals surface area contributed by atoms with Gasteiger partial charge < -0.3 is 0 Å². The number of hydrogen-bond acceptors (Lipinski definition) is 0. The number of benzene rings is 5. The smallest absolute Gasteiger partial charge is 0.0213 e. The molecule has 0 spiro atoms. The Morgan fingerprint density at radius 1 is 0.420 bits per heavy atom. The molecule has 0 radical (unpaired) electrons. The molecule has 0 heterocycles. The molecule has 7 rings (SSSR count). The predicted octanol–water partition coefficient (Wildman–Crippen LogP) is 14.6. The second-order valence-electron chi connectivity index (χ2n) is 16.6. The molecule has 0 bridgehead atoms. The molecule has 0 unspecified atom stereocenters. The van der Waals surface area contributed by atoms with Gasteiger partial charge in [-0.15, -0.1) is 0 Å². The highest BCUT2D eigenvalue weighted by atomic mass is 14.5. The molecule has 2 aliphatic carbocycles. The van der Waals surface area contributed by atoms with Gasteiger partial charge in [0.1, 0.15) is 0 Å². The van der Waals surface area contributed by atoms with Crippen LogP contribution in [0.2, 0.25) is 0 Å². The Bertz CT molecular complexity index is 2060. The van der Waals surface area contributed by atoms with Crippen LogP contribution in [0.4, 0.5) is 0 Å². The molecule has 0 aliphatic heterocycles. The minimum atomic E-state index is 0.0435. The summed E-state index contributed by atoms with van der Waals surface area (Å²) in [7, 11) is 0. The minimum Gasteiger partial charge on any atom is -0.0646 e. The Balaban J connectivity index is 1.33. The molecular weight excluding hydrogens is 601 g/mol. The van der Waals surface area contributed by atoms with Crippen molar-refractivity contribution in [2.75, 3.05) is 0 Å². The van der Waals surface area contributed by atoms with Crippen LogP contribution in [0, 0.1) is 0 Å². The molecule has 0 atom stereocenters. The van der Waals surface area contributed by atoms with Crippen molar-refractivity contribution in [2.45, 2.75) is 129 Å². The van der Waals surface area contributed by atoms with Crippen molar-refractivity contribution in [1.82, 2.24) is 0 Å². The molecule has 0 nitrogen and oxygen atoms in total. The van der Waals surface area contributed by atoms with Crippen molar-refractivity contribution in [2.24, 2.45) is 0 Å². The highest BCUT2D eigenvalue weighted by molar-refractivity contribution is 5.88. The zero-order valence-corrected chi connectivity index (χ0v) is 32.5. The van der Waals surface area contributed by atoms with Crippen molar-refractivity contribution in [1.29, 1.82) is 0 Å². The van der Waals surface area contributed by atoms with Crippen LogP contribution in [-0.2, 0) is 21.7 Å². The van der Waals surface area contributed by atoms with Crippen molar-refractivity contribution >= 4 is 0 Å². The molecule has 0 aromatic heterocycles. The predicted molar refractivity (Wildman–Crippen MR) is 218 cm³/mol. The van der Waals surface area contributed by atoms with E-state index in [1.54, 1.807) is 11.1 Å². The first-order valence-electron chi connectivity index (χ1n) is 19.6. The summed E-state index contributed by atoms with van der Waals surface area (Å²) in [5, 5.41) is 0. The molecular formula is C50H58. The summed E-state index contributed by atoms with van der Waals surface area (Å²) in [5.74, 6) is 0. The summed E-state index contributed by atoms with van der Waals surface area (Å²) in [6.45, 7) is 23.9. The number of hydrogen-bond donors (Lipinski definition) is 0. The Morgan fingerprint density at radius 2 is 0.920 bits per heavy atom. The summed E-state index contributed by atoms with van der Waals surface area (Å²) in [6, 6.07) is 38.2. The molecule has 0 fully saturated rings. The quantitative estimate of drug-likeness (QED) is 0.140. The lowest BCUT2D eigenvalue weighted by atomic mass is 9.66. The van der Waals surface area contributed by atoms with Gasteiger partial charge in [-0.3, -0.25) is 0 Å². The molecule has 5 aromatic rings. The maximum Gasteiger partial charge on any atom is 0.0213 e. The SMILES string of the molecule is CCC(C)(C)c1ccc2c(c1)C(CC)(CC)c1cc(-c3ccc(-c4ccc5c(c4C(C)(C)CC)C(CC)(CC)c4ccccc4-5)cc3)ccc1-2. The number of rotatable bonds is 10. The van der Waals surface area contributed by atoms with Crippen LogP contribution >= 0.6 is 0 Å². The Labute approximate surface area is 303 Å². The fourth-order valence-corrected chi connectivity index (χ4v) is 9.85. The molecule has 0 saturated heterocycles. The second kappa shape index (κ2) is 12.4. The van der Waals surface area contributed by atoms with E-state index in [1.165, 1.54) is 66.8 Å². The van der Waals surface area contributed by atoms with Gasteiger partial charge in [-0.1, -0.05) is 160 Å². The van der Waals surface area contributed by atoms with Crippen LogP contribution in [0.15, 0.2) is 97.1 Å². The minimum absolute atomic E-state index is 0.0435. The van der Waals surface area contributed by atoms with Gasteiger partial charge in [-0.05, 0) is 133 Å². The third-order valence-electron chi connectivity index (χ3n) is 13.9. The van der Waals surface area contributed by atoms with E-state index in [2.05, 4.69) is 166 Å². The summed E-state index contributed by atoms with van der Waals surface area (Å²) >= 11 is 0. The second-order valence-corrected chi connectivity index (χ2v) is 16.6. The van der Waals surface area contributed by atoms with Crippen LogP contribution in [0.3, 0.4) is 0 Å². The first-order chi connectivity index (χ1) is 24.0. The van der Waals surface area contributed by atoms with E-state index in [1.807, 2.05) is 0 Å². The lowest BCUT2D eigenvalue weighted by Crippen LogP contribution is -2.29. The fourth-order valence-electron chi connectivity index (χ4n) is 9.85. The zero-order chi connectivity index (χ0) is 35.6. The van der Waals surface area contributed by atoms with Gasteiger partial charge in [0, 0.05) is 10.8 Å². The number of fused-ring (bicyclic) bond motifs is 6. The highest BCUT2D eigenvalue weighted by Gasteiger charge is 2.45. The Hall–Kier alpha value is -3.90. The third kappa shape index (κ3) is 4.84. The van der Waals surface area contributed by atoms with Crippen LogP contribution in [0.5, 0.6) is 0 Å². The largest absolute Gasteiger partial charge is 0.0646 e. The fraction of sp³-hybridized carbons (Fsp3) is 0.400. The molecule has 50 heavy (non-hydrogen) atoms. The van der Waals surface area contributed by atoms with Gasteiger partial charge in [-0.2, -0.15) is 0 Å². The molecule has 5 aromatic carbocycles. The lowest BCUT2D eigenvalue weighted by Gasteiger charge is -2.37. The van der Waals surface area contributed by atoms with Crippen LogP contribution < -0.4 is 0 Å². The van der Waals surface area contributed by atoms with Crippen molar-refractivity contribution in [3.8, 4) is 44.5 Å². The molecule has 0 amide bonds. The zero-order valence-electron chi connectivity index (χ0n) is 32.5. The van der Waals surface area contributed by atoms with E-state index < -0.39 is 0 Å². The highest BCUT2D eigenvalue weighted by Crippen LogP contribution is 2.58. The van der Waals surface area contributed by atoms with Gasteiger partial charge in [0.05, 0.1) is 0 Å². The summed E-state index contributed by atoms with van der Waals surface area (Å²) in [5.41, 5.74) is 20.5. The summed E-state index contributed by atoms with van der Waals surface area (Å²) < 4.78 is 0. The molecule has 0 saturated carbocycles. The third-order valence-corrected chi connectivity index (χ3v) is 13.9. The summed E-state index contributed by atoms with van der Waals surface area (Å²) in [6.07, 6.45) is 6.67. The average Bonchev–Trinajstić information content (AvgIpc) is 3.60. The first-order valence-corrected chi connectivity index (χ1v) is 19.6. The topological polar surface area (TPSA) is 0 Å². The van der Waals surface area contributed by atoms with Crippen molar-refractivity contribution < 1.29 is 0 Å². The van der Waals surface area contributed by atoms with Gasteiger partial charge in [0.15, 0.2) is 0 Å². The lowest BCUT2D eigenvalue weighted by molar-refractivity contribution is 0.452. The standard InChI is InChI=1S/C50H58/c1-11-47(7,8)36-26-28-40-39-27-25-35(31-43(39)49(13-3,14-4)44(40)32-36)33-21-23-34(24-22-33)37-29-30-41-38-19-17-18-20-42(38)50(15-5,16-6)46(41)45(37)48(9,10)12-2/h17-32H,11-16H2,1-10H3. The molecule has 2 aliphatic rings. The van der Waals surface area contributed by atoms with E-state index >= 15 is 0 Å². The Morgan fingerprint density at radius 3 is 1.54 bits per heavy atom. The Kier molecular flexibility index (Phi) is 8.57. The van der Waals surface area contributed by atoms with Gasteiger partial charge in [-0.25, -0.2) is 0 Å². The maximum atomic E-state index is 2.55. The van der Waals surface area contributed by atoms with E-state index in [0.717, 1.165) is 38.5 Å². The molecule has 258 valence electrons. The monoisotopic (exact) mass is 658 g/mol. The van der Waals surface area contributed by atoms with Crippen molar-refractivity contribution in [3.63, 3.8) is 0 Å². The van der Waals surface area contributed by atoms with Crippen LogP contribution in [0.1, 0.15) is 141 Å². The van der Waals surface area contributed by atoms with Crippen LogP contribution in [0.25, 0.3) is 44.5 Å². The van der Waals surface area contributed by atoms with E-state index in [0.29, 0.717) is 0 Å². The van der Waals surface area contributed by atoms with E-state index in [-0.39, 0.29) is 21.7 Å². The first kappa shape index (κ1) is 34.5. The van der Waals surface area contributed by atoms with Gasteiger partial charge in [0.2, 0.25) is 0 Å². The van der Waals surface area contributed by atoms with E-state index in [9.17, 15) is 0 Å². The van der Waals surface area contributed by atoms with E-state index in [4.69, 9.17) is 0 Å². The van der Waals surface area contributed by atoms with Gasteiger partial charge in [0.25, 0.3) is 0 Å².